The highest BCUT2D eigenvalue weighted by atomic mass is 16.5. The zero-order valence-corrected chi connectivity index (χ0v) is 17.9. The topological polar surface area (TPSA) is 74.6 Å². The Kier molecular flexibility index (Phi) is 9.43. The zero-order chi connectivity index (χ0) is 21.8. The quantitative estimate of drug-likeness (QED) is 0.351. The van der Waals surface area contributed by atoms with Gasteiger partial charge in [0.1, 0.15) is 11.6 Å². The number of hydrogen-bond acceptors (Lipinski definition) is 5. The molecule has 6 heteroatoms. The molecule has 0 aromatic heterocycles. The standard InChI is InChI=1S/C24H29N3O3/c1-27(15-12-20-10-11-22(29-2)23(17-20)30-3)14-7-13-26-24(28)21(18-25)16-19-8-5-4-6-9-19/h4-6,8-11,16-17H,7,12-15H2,1-3H3,(H,26,28). The third kappa shape index (κ3) is 7.26. The fourth-order valence-electron chi connectivity index (χ4n) is 2.98. The molecule has 6 nitrogen and oxygen atoms in total. The minimum absolute atomic E-state index is 0.114. The lowest BCUT2D eigenvalue weighted by molar-refractivity contribution is -0.117. The second kappa shape index (κ2) is 12.3. The van der Waals surface area contributed by atoms with Gasteiger partial charge in [0.25, 0.3) is 5.91 Å². The van der Waals surface area contributed by atoms with Crippen molar-refractivity contribution in [3.05, 3.63) is 65.2 Å². The molecule has 0 spiro atoms. The van der Waals surface area contributed by atoms with Gasteiger partial charge in [-0.25, -0.2) is 0 Å². The number of amides is 1. The molecule has 2 aromatic rings. The third-order valence-electron chi connectivity index (χ3n) is 4.71. The lowest BCUT2D eigenvalue weighted by Crippen LogP contribution is -2.29. The van der Waals surface area contributed by atoms with E-state index in [2.05, 4.69) is 17.3 Å². The Bertz CT molecular complexity index is 888. The normalized spacial score (nSPS) is 11.1. The van der Waals surface area contributed by atoms with Gasteiger partial charge >= 0.3 is 0 Å². The van der Waals surface area contributed by atoms with E-state index in [1.165, 1.54) is 5.56 Å². The molecule has 158 valence electrons. The van der Waals surface area contributed by atoms with Crippen LogP contribution in [0.4, 0.5) is 0 Å². The van der Waals surface area contributed by atoms with Crippen LogP contribution in [-0.2, 0) is 11.2 Å². The van der Waals surface area contributed by atoms with E-state index in [1.807, 2.05) is 54.6 Å². The lowest BCUT2D eigenvalue weighted by Gasteiger charge is -2.17. The zero-order valence-electron chi connectivity index (χ0n) is 17.9. The first-order valence-electron chi connectivity index (χ1n) is 9.92. The summed E-state index contributed by atoms with van der Waals surface area (Å²) < 4.78 is 10.6. The molecule has 0 radical (unpaired) electrons. The van der Waals surface area contributed by atoms with Gasteiger partial charge in [-0.05, 0) is 55.8 Å². The van der Waals surface area contributed by atoms with Gasteiger partial charge < -0.3 is 19.7 Å². The second-order valence-corrected chi connectivity index (χ2v) is 6.93. The van der Waals surface area contributed by atoms with Crippen LogP contribution in [0.2, 0.25) is 0 Å². The van der Waals surface area contributed by atoms with Gasteiger partial charge in [-0.2, -0.15) is 5.26 Å². The maximum Gasteiger partial charge on any atom is 0.261 e. The van der Waals surface area contributed by atoms with Crippen LogP contribution >= 0.6 is 0 Å². The first kappa shape index (κ1) is 23.0. The first-order valence-corrected chi connectivity index (χ1v) is 9.92. The molecule has 0 aliphatic heterocycles. The SMILES string of the molecule is COc1ccc(CCN(C)CCCNC(=O)C(C#N)=Cc2ccccc2)cc1OC. The number of ether oxygens (including phenoxy) is 2. The van der Waals surface area contributed by atoms with Crippen molar-refractivity contribution in [1.82, 2.24) is 10.2 Å². The Morgan fingerprint density at radius 1 is 1.10 bits per heavy atom. The molecule has 0 aliphatic rings. The van der Waals surface area contributed by atoms with Gasteiger partial charge in [0.2, 0.25) is 0 Å². The monoisotopic (exact) mass is 407 g/mol. The fourth-order valence-corrected chi connectivity index (χ4v) is 2.98. The highest BCUT2D eigenvalue weighted by Crippen LogP contribution is 2.27. The molecule has 0 bridgehead atoms. The minimum atomic E-state index is -0.339. The van der Waals surface area contributed by atoms with E-state index in [0.717, 1.165) is 43.0 Å². The third-order valence-corrected chi connectivity index (χ3v) is 4.71. The second-order valence-electron chi connectivity index (χ2n) is 6.93. The molecule has 1 N–H and O–H groups in total. The predicted molar refractivity (Wildman–Crippen MR) is 118 cm³/mol. The van der Waals surface area contributed by atoms with Crippen molar-refractivity contribution in [2.75, 3.05) is 40.9 Å². The fraction of sp³-hybridized carbons (Fsp3) is 0.333. The van der Waals surface area contributed by atoms with Crippen molar-refractivity contribution >= 4 is 12.0 Å². The van der Waals surface area contributed by atoms with Crippen LogP contribution in [0.3, 0.4) is 0 Å². The maximum absolute atomic E-state index is 12.2. The summed E-state index contributed by atoms with van der Waals surface area (Å²) in [5.74, 6) is 1.12. The molecule has 0 atom stereocenters. The van der Waals surface area contributed by atoms with Gasteiger partial charge in [-0.15, -0.1) is 0 Å². The number of hydrogen-bond donors (Lipinski definition) is 1. The van der Waals surface area contributed by atoms with Crippen molar-refractivity contribution < 1.29 is 14.3 Å². The number of nitrogens with zero attached hydrogens (tertiary/aromatic N) is 2. The molecular formula is C24H29N3O3. The number of carbonyl (C=O) groups excluding carboxylic acids is 1. The van der Waals surface area contributed by atoms with E-state index < -0.39 is 0 Å². The molecule has 0 saturated carbocycles. The number of carbonyl (C=O) groups is 1. The molecule has 0 heterocycles. The molecular weight excluding hydrogens is 378 g/mol. The van der Waals surface area contributed by atoms with Crippen LogP contribution in [0.25, 0.3) is 6.08 Å². The number of likely N-dealkylation sites (N-methyl/N-ethyl adjacent to an activating group) is 1. The van der Waals surface area contributed by atoms with Gasteiger partial charge in [0.05, 0.1) is 14.2 Å². The summed E-state index contributed by atoms with van der Waals surface area (Å²) in [7, 11) is 5.31. The van der Waals surface area contributed by atoms with Crippen LogP contribution in [0.5, 0.6) is 11.5 Å². The Hall–Kier alpha value is -3.30. The average Bonchev–Trinajstić information content (AvgIpc) is 2.79. The summed E-state index contributed by atoms with van der Waals surface area (Å²) in [4.78, 5) is 14.4. The van der Waals surface area contributed by atoms with E-state index in [1.54, 1.807) is 20.3 Å². The van der Waals surface area contributed by atoms with E-state index in [0.29, 0.717) is 6.54 Å². The van der Waals surface area contributed by atoms with Crippen molar-refractivity contribution in [2.24, 2.45) is 0 Å². The van der Waals surface area contributed by atoms with Crippen molar-refractivity contribution in [3.63, 3.8) is 0 Å². The number of nitrogens with one attached hydrogen (secondary N) is 1. The van der Waals surface area contributed by atoms with Crippen LogP contribution in [0.1, 0.15) is 17.5 Å². The Balaban J connectivity index is 1.73. The maximum atomic E-state index is 12.2. The van der Waals surface area contributed by atoms with Crippen molar-refractivity contribution in [2.45, 2.75) is 12.8 Å². The Morgan fingerprint density at radius 2 is 1.83 bits per heavy atom. The molecule has 0 saturated heterocycles. The van der Waals surface area contributed by atoms with E-state index in [4.69, 9.17) is 9.47 Å². The number of nitriles is 1. The molecule has 2 rings (SSSR count). The first-order chi connectivity index (χ1) is 14.6. The Morgan fingerprint density at radius 3 is 2.50 bits per heavy atom. The Labute approximate surface area is 178 Å². The van der Waals surface area contributed by atoms with E-state index in [-0.39, 0.29) is 11.5 Å². The summed E-state index contributed by atoms with van der Waals surface area (Å²) in [6, 6.07) is 17.3. The molecule has 30 heavy (non-hydrogen) atoms. The summed E-state index contributed by atoms with van der Waals surface area (Å²) in [6.07, 6.45) is 3.30. The van der Waals surface area contributed by atoms with Crippen LogP contribution < -0.4 is 14.8 Å². The number of rotatable bonds is 11. The highest BCUT2D eigenvalue weighted by Gasteiger charge is 2.09. The number of methoxy groups -OCH3 is 2. The van der Waals surface area contributed by atoms with Crippen molar-refractivity contribution in [1.29, 1.82) is 5.26 Å². The highest BCUT2D eigenvalue weighted by molar-refractivity contribution is 6.01. The molecule has 1 amide bonds. The lowest BCUT2D eigenvalue weighted by atomic mass is 10.1. The summed E-state index contributed by atoms with van der Waals surface area (Å²) >= 11 is 0. The summed E-state index contributed by atoms with van der Waals surface area (Å²) in [6.45, 7) is 2.26. The van der Waals surface area contributed by atoms with Gasteiger partial charge in [-0.3, -0.25) is 4.79 Å². The average molecular weight is 408 g/mol. The van der Waals surface area contributed by atoms with E-state index >= 15 is 0 Å². The van der Waals surface area contributed by atoms with Crippen LogP contribution in [0.15, 0.2) is 54.1 Å². The largest absolute Gasteiger partial charge is 0.493 e. The summed E-state index contributed by atoms with van der Waals surface area (Å²) in [5, 5.41) is 12.1. The molecule has 0 aliphatic carbocycles. The van der Waals surface area contributed by atoms with Gasteiger partial charge in [0.15, 0.2) is 11.5 Å². The summed E-state index contributed by atoms with van der Waals surface area (Å²) in [5.41, 5.74) is 2.12. The van der Waals surface area contributed by atoms with Crippen LogP contribution in [0, 0.1) is 11.3 Å². The van der Waals surface area contributed by atoms with Gasteiger partial charge in [-0.1, -0.05) is 36.4 Å². The van der Waals surface area contributed by atoms with Crippen LogP contribution in [-0.4, -0.2) is 51.7 Å². The minimum Gasteiger partial charge on any atom is -0.493 e. The predicted octanol–water partition coefficient (Wildman–Crippen LogP) is 3.29. The van der Waals surface area contributed by atoms with Gasteiger partial charge in [0, 0.05) is 13.1 Å². The van der Waals surface area contributed by atoms with E-state index in [9.17, 15) is 10.1 Å². The smallest absolute Gasteiger partial charge is 0.261 e. The molecule has 2 aromatic carbocycles. The van der Waals surface area contributed by atoms with Crippen molar-refractivity contribution in [3.8, 4) is 17.6 Å². The molecule has 0 fully saturated rings. The number of benzene rings is 2. The molecule has 0 unspecified atom stereocenters.